The average Bonchev–Trinajstić information content (AvgIpc) is 3.26. The van der Waals surface area contributed by atoms with Gasteiger partial charge in [0.1, 0.15) is 5.75 Å². The van der Waals surface area contributed by atoms with Crippen molar-refractivity contribution < 1.29 is 22.7 Å². The zero-order valence-corrected chi connectivity index (χ0v) is 16.9. The SMILES string of the molecule is NC(=NCc1cccc(NC(=O)C2CCCC2)c1)NCc1ccc(OC(F)(F)F)cc1. The first-order valence-electron chi connectivity index (χ1n) is 10.1. The van der Waals surface area contributed by atoms with Crippen LogP contribution in [0.4, 0.5) is 18.9 Å². The Labute approximate surface area is 178 Å². The molecule has 2 aromatic rings. The summed E-state index contributed by atoms with van der Waals surface area (Å²) in [6.07, 6.45) is -0.630. The fraction of sp³-hybridized carbons (Fsp3) is 0.364. The Hall–Kier alpha value is -3.23. The summed E-state index contributed by atoms with van der Waals surface area (Å²) in [6, 6.07) is 12.9. The lowest BCUT2D eigenvalue weighted by atomic mass is 10.1. The molecular formula is C22H25F3N4O2. The number of guanidine groups is 1. The number of amides is 1. The molecule has 4 N–H and O–H groups in total. The summed E-state index contributed by atoms with van der Waals surface area (Å²) < 4.78 is 40.4. The Morgan fingerprint density at radius 1 is 1.10 bits per heavy atom. The van der Waals surface area contributed by atoms with E-state index in [-0.39, 0.29) is 23.5 Å². The number of hydrogen-bond acceptors (Lipinski definition) is 3. The molecule has 1 aliphatic carbocycles. The topological polar surface area (TPSA) is 88.7 Å². The Morgan fingerprint density at radius 3 is 2.48 bits per heavy atom. The number of anilines is 1. The monoisotopic (exact) mass is 434 g/mol. The third-order valence-corrected chi connectivity index (χ3v) is 4.98. The summed E-state index contributed by atoms with van der Waals surface area (Å²) in [5, 5.41) is 5.88. The molecule has 1 fully saturated rings. The molecule has 0 aromatic heterocycles. The van der Waals surface area contributed by atoms with Gasteiger partial charge in [0.15, 0.2) is 5.96 Å². The first kappa shape index (κ1) is 22.5. The van der Waals surface area contributed by atoms with E-state index >= 15 is 0 Å². The smallest absolute Gasteiger partial charge is 0.406 e. The van der Waals surface area contributed by atoms with E-state index in [4.69, 9.17) is 5.73 Å². The van der Waals surface area contributed by atoms with Gasteiger partial charge in [-0.15, -0.1) is 13.2 Å². The second-order valence-corrected chi connectivity index (χ2v) is 7.42. The van der Waals surface area contributed by atoms with E-state index in [0.717, 1.165) is 42.5 Å². The number of ether oxygens (including phenoxy) is 1. The van der Waals surface area contributed by atoms with Gasteiger partial charge in [-0.2, -0.15) is 0 Å². The van der Waals surface area contributed by atoms with Crippen LogP contribution in [0.1, 0.15) is 36.8 Å². The van der Waals surface area contributed by atoms with Crippen molar-refractivity contribution in [1.82, 2.24) is 5.32 Å². The lowest BCUT2D eigenvalue weighted by Crippen LogP contribution is -2.31. The van der Waals surface area contributed by atoms with Crippen LogP contribution in [0.2, 0.25) is 0 Å². The number of hydrogen-bond donors (Lipinski definition) is 3. The molecule has 0 saturated heterocycles. The first-order valence-corrected chi connectivity index (χ1v) is 10.1. The number of carbonyl (C=O) groups excluding carboxylic acids is 1. The number of alkyl halides is 3. The summed E-state index contributed by atoms with van der Waals surface area (Å²) in [5.74, 6) is 0.0791. The van der Waals surface area contributed by atoms with Crippen molar-refractivity contribution >= 4 is 17.6 Å². The number of halogens is 3. The maximum Gasteiger partial charge on any atom is 0.573 e. The lowest BCUT2D eigenvalue weighted by molar-refractivity contribution is -0.274. The van der Waals surface area contributed by atoms with Gasteiger partial charge in [0.05, 0.1) is 6.54 Å². The molecule has 0 bridgehead atoms. The normalized spacial score (nSPS) is 15.0. The molecule has 9 heteroatoms. The van der Waals surface area contributed by atoms with E-state index < -0.39 is 6.36 Å². The minimum Gasteiger partial charge on any atom is -0.406 e. The van der Waals surface area contributed by atoms with Crippen LogP contribution in [0.3, 0.4) is 0 Å². The molecule has 1 amide bonds. The average molecular weight is 434 g/mol. The highest BCUT2D eigenvalue weighted by Gasteiger charge is 2.30. The van der Waals surface area contributed by atoms with Crippen LogP contribution in [0.25, 0.3) is 0 Å². The number of nitrogens with one attached hydrogen (secondary N) is 2. The summed E-state index contributed by atoms with van der Waals surface area (Å²) in [6.45, 7) is 0.628. The molecule has 1 saturated carbocycles. The van der Waals surface area contributed by atoms with Gasteiger partial charge in [-0.3, -0.25) is 4.79 Å². The minimum absolute atomic E-state index is 0.0611. The molecule has 0 unspecified atom stereocenters. The summed E-state index contributed by atoms with van der Waals surface area (Å²) in [5.41, 5.74) is 8.23. The summed E-state index contributed by atoms with van der Waals surface area (Å²) >= 11 is 0. The van der Waals surface area contributed by atoms with Crippen molar-refractivity contribution in [3.63, 3.8) is 0 Å². The second kappa shape index (κ2) is 10.2. The highest BCUT2D eigenvalue weighted by molar-refractivity contribution is 5.92. The highest BCUT2D eigenvalue weighted by atomic mass is 19.4. The molecule has 0 aliphatic heterocycles. The van der Waals surface area contributed by atoms with Crippen molar-refractivity contribution in [1.29, 1.82) is 0 Å². The Morgan fingerprint density at radius 2 is 1.81 bits per heavy atom. The Balaban J connectivity index is 1.48. The fourth-order valence-corrected chi connectivity index (χ4v) is 3.41. The second-order valence-electron chi connectivity index (χ2n) is 7.42. The van der Waals surface area contributed by atoms with Crippen LogP contribution in [-0.2, 0) is 17.9 Å². The number of benzene rings is 2. The third kappa shape index (κ3) is 7.51. The zero-order chi connectivity index (χ0) is 22.3. The molecule has 1 aliphatic rings. The minimum atomic E-state index is -4.71. The Kier molecular flexibility index (Phi) is 7.38. The van der Waals surface area contributed by atoms with Crippen molar-refractivity contribution in [2.24, 2.45) is 16.6 Å². The van der Waals surface area contributed by atoms with E-state index in [1.807, 2.05) is 24.3 Å². The van der Waals surface area contributed by atoms with Gasteiger partial charge >= 0.3 is 6.36 Å². The predicted octanol–water partition coefficient (Wildman–Crippen LogP) is 4.32. The third-order valence-electron chi connectivity index (χ3n) is 4.98. The quantitative estimate of drug-likeness (QED) is 0.447. The predicted molar refractivity (Wildman–Crippen MR) is 112 cm³/mol. The lowest BCUT2D eigenvalue weighted by Gasteiger charge is -2.11. The van der Waals surface area contributed by atoms with E-state index in [0.29, 0.717) is 13.1 Å². The van der Waals surface area contributed by atoms with E-state index in [9.17, 15) is 18.0 Å². The highest BCUT2D eigenvalue weighted by Crippen LogP contribution is 2.26. The molecule has 0 spiro atoms. The van der Waals surface area contributed by atoms with Crippen molar-refractivity contribution in [3.05, 3.63) is 59.7 Å². The molecular weight excluding hydrogens is 409 g/mol. The van der Waals surface area contributed by atoms with Gasteiger partial charge < -0.3 is 21.1 Å². The number of aliphatic imine (C=N–C) groups is 1. The van der Waals surface area contributed by atoms with Gasteiger partial charge in [-0.25, -0.2) is 4.99 Å². The van der Waals surface area contributed by atoms with Crippen LogP contribution >= 0.6 is 0 Å². The summed E-state index contributed by atoms with van der Waals surface area (Å²) in [7, 11) is 0. The van der Waals surface area contributed by atoms with Gasteiger partial charge in [-0.1, -0.05) is 37.1 Å². The standard InChI is InChI=1S/C22H25F3N4O2/c23-22(24,25)31-19-10-8-15(9-11-19)13-27-21(26)28-14-16-4-3-7-18(12-16)29-20(30)17-5-1-2-6-17/h3-4,7-12,17H,1-2,5-6,13-14H2,(H,29,30)(H3,26,27,28). The first-order chi connectivity index (χ1) is 14.8. The molecule has 0 heterocycles. The van der Waals surface area contributed by atoms with Crippen LogP contribution in [0, 0.1) is 5.92 Å². The molecule has 0 radical (unpaired) electrons. The molecule has 3 rings (SSSR count). The molecule has 0 atom stereocenters. The van der Waals surface area contributed by atoms with Gasteiger partial charge in [0.25, 0.3) is 0 Å². The molecule has 6 nitrogen and oxygen atoms in total. The van der Waals surface area contributed by atoms with Crippen LogP contribution < -0.4 is 21.1 Å². The van der Waals surface area contributed by atoms with Crippen molar-refractivity contribution in [3.8, 4) is 5.75 Å². The van der Waals surface area contributed by atoms with Gasteiger partial charge in [-0.05, 0) is 48.2 Å². The van der Waals surface area contributed by atoms with Crippen LogP contribution in [0.5, 0.6) is 5.75 Å². The Bertz CT molecular complexity index is 908. The van der Waals surface area contributed by atoms with Gasteiger partial charge in [0.2, 0.25) is 5.91 Å². The van der Waals surface area contributed by atoms with E-state index in [1.54, 1.807) is 0 Å². The molecule has 2 aromatic carbocycles. The van der Waals surface area contributed by atoms with Crippen molar-refractivity contribution in [2.45, 2.75) is 45.1 Å². The molecule has 166 valence electrons. The largest absolute Gasteiger partial charge is 0.573 e. The molecule has 31 heavy (non-hydrogen) atoms. The van der Waals surface area contributed by atoms with Crippen LogP contribution in [-0.4, -0.2) is 18.2 Å². The van der Waals surface area contributed by atoms with Crippen molar-refractivity contribution in [2.75, 3.05) is 5.32 Å². The number of nitrogens with zero attached hydrogens (tertiary/aromatic N) is 1. The van der Waals surface area contributed by atoms with Gasteiger partial charge in [0, 0.05) is 18.2 Å². The fourth-order valence-electron chi connectivity index (χ4n) is 3.41. The van der Waals surface area contributed by atoms with E-state index in [2.05, 4.69) is 20.4 Å². The zero-order valence-electron chi connectivity index (χ0n) is 16.9. The van der Waals surface area contributed by atoms with E-state index in [1.165, 1.54) is 24.3 Å². The summed E-state index contributed by atoms with van der Waals surface area (Å²) in [4.78, 5) is 16.5. The number of nitrogens with two attached hydrogens (primary N) is 1. The maximum absolute atomic E-state index is 12.3. The van der Waals surface area contributed by atoms with Crippen LogP contribution in [0.15, 0.2) is 53.5 Å². The maximum atomic E-state index is 12.3. The number of rotatable bonds is 7. The number of carbonyl (C=O) groups is 1.